The van der Waals surface area contributed by atoms with E-state index in [1.54, 1.807) is 12.1 Å². The largest absolute Gasteiger partial charge is 0.420 e. The molecule has 3 N–H and O–H groups in total. The summed E-state index contributed by atoms with van der Waals surface area (Å²) in [5, 5.41) is 16.3. The van der Waals surface area contributed by atoms with Crippen molar-refractivity contribution in [3.05, 3.63) is 56.8 Å². The molecule has 0 fully saturated rings. The molecule has 1 aliphatic heterocycles. The maximum absolute atomic E-state index is 14.4. The van der Waals surface area contributed by atoms with Gasteiger partial charge in [0.05, 0.1) is 23.8 Å². The van der Waals surface area contributed by atoms with E-state index in [-0.39, 0.29) is 23.9 Å². The standard InChI is InChI=1S/C15H12BrFN4O2/c1-22-6-11-13-12(8-4-7(16)2-3-10(8)17)9(5-18)14(19)23-15(13)21-20-11/h2-4,12H,6,19H2,1H3,(H,20,21)/t12-/m1/s1. The quantitative estimate of drug-likeness (QED) is 0.855. The van der Waals surface area contributed by atoms with Crippen LogP contribution in [-0.4, -0.2) is 17.3 Å². The highest BCUT2D eigenvalue weighted by atomic mass is 79.9. The second kappa shape index (κ2) is 6.02. The number of fused-ring (bicyclic) bond motifs is 1. The van der Waals surface area contributed by atoms with Crippen LogP contribution in [0, 0.1) is 17.1 Å². The van der Waals surface area contributed by atoms with E-state index in [1.807, 2.05) is 6.07 Å². The number of nitrogens with two attached hydrogens (primary N) is 1. The number of halogens is 2. The van der Waals surface area contributed by atoms with Crippen molar-refractivity contribution in [2.45, 2.75) is 12.5 Å². The highest BCUT2D eigenvalue weighted by Crippen LogP contribution is 2.44. The fourth-order valence-electron chi connectivity index (χ4n) is 2.61. The summed E-state index contributed by atoms with van der Waals surface area (Å²) < 4.78 is 25.6. The van der Waals surface area contributed by atoms with Crippen LogP contribution in [0.3, 0.4) is 0 Å². The van der Waals surface area contributed by atoms with Gasteiger partial charge >= 0.3 is 0 Å². The Kier molecular flexibility index (Phi) is 4.07. The van der Waals surface area contributed by atoms with Crippen LogP contribution >= 0.6 is 15.9 Å². The number of nitrogens with one attached hydrogen (secondary N) is 1. The molecule has 118 valence electrons. The number of ether oxygens (including phenoxy) is 2. The molecule has 0 saturated heterocycles. The van der Waals surface area contributed by atoms with Crippen molar-refractivity contribution < 1.29 is 13.9 Å². The number of hydrogen-bond acceptors (Lipinski definition) is 5. The molecule has 0 bridgehead atoms. The first kappa shape index (κ1) is 15.5. The van der Waals surface area contributed by atoms with Crippen molar-refractivity contribution in [3.8, 4) is 11.9 Å². The second-order valence-electron chi connectivity index (χ2n) is 4.94. The van der Waals surface area contributed by atoms with E-state index in [0.29, 0.717) is 21.3 Å². The van der Waals surface area contributed by atoms with Crippen LogP contribution in [0.25, 0.3) is 0 Å². The van der Waals surface area contributed by atoms with E-state index in [4.69, 9.17) is 15.2 Å². The molecule has 0 radical (unpaired) electrons. The summed E-state index contributed by atoms with van der Waals surface area (Å²) in [6.45, 7) is 0.219. The van der Waals surface area contributed by atoms with Crippen molar-refractivity contribution in [2.24, 2.45) is 5.73 Å². The van der Waals surface area contributed by atoms with Crippen LogP contribution in [0.5, 0.6) is 5.88 Å². The normalized spacial score (nSPS) is 16.7. The molecule has 2 heterocycles. The lowest BCUT2D eigenvalue weighted by molar-refractivity contribution is 0.180. The number of aromatic amines is 1. The van der Waals surface area contributed by atoms with Gasteiger partial charge in [-0.25, -0.2) is 4.39 Å². The molecular formula is C15H12BrFN4O2. The van der Waals surface area contributed by atoms with Crippen LogP contribution in [0.1, 0.15) is 22.7 Å². The van der Waals surface area contributed by atoms with Crippen molar-refractivity contribution in [1.29, 1.82) is 5.26 Å². The topological polar surface area (TPSA) is 97.0 Å². The first-order valence-corrected chi connectivity index (χ1v) is 7.44. The van der Waals surface area contributed by atoms with E-state index in [0.717, 1.165) is 0 Å². The third-order valence-electron chi connectivity index (χ3n) is 3.58. The first-order valence-electron chi connectivity index (χ1n) is 6.65. The third-order valence-corrected chi connectivity index (χ3v) is 4.07. The van der Waals surface area contributed by atoms with Crippen molar-refractivity contribution in [3.63, 3.8) is 0 Å². The minimum atomic E-state index is -0.717. The van der Waals surface area contributed by atoms with Crippen LogP contribution in [0.15, 0.2) is 34.1 Å². The Balaban J connectivity index is 2.26. The van der Waals surface area contributed by atoms with Gasteiger partial charge in [-0.3, -0.25) is 5.10 Å². The van der Waals surface area contributed by atoms with E-state index < -0.39 is 11.7 Å². The predicted octanol–water partition coefficient (Wildman–Crippen LogP) is 2.68. The lowest BCUT2D eigenvalue weighted by Gasteiger charge is -2.24. The highest BCUT2D eigenvalue weighted by Gasteiger charge is 2.36. The maximum atomic E-state index is 14.4. The van der Waals surface area contributed by atoms with Gasteiger partial charge in [0.25, 0.3) is 0 Å². The van der Waals surface area contributed by atoms with Gasteiger partial charge in [0.15, 0.2) is 0 Å². The SMILES string of the molecule is COCc1[nH]nc2c1[C@H](c1cc(Br)ccc1F)C(C#N)=C(N)O2. The minimum absolute atomic E-state index is 0.0835. The molecule has 1 aromatic heterocycles. The zero-order valence-electron chi connectivity index (χ0n) is 12.1. The first-order chi connectivity index (χ1) is 11.1. The van der Waals surface area contributed by atoms with Gasteiger partial charge in [0, 0.05) is 17.1 Å². The average molecular weight is 379 g/mol. The number of hydrogen-bond donors (Lipinski definition) is 2. The molecule has 0 amide bonds. The summed E-state index contributed by atoms with van der Waals surface area (Å²) >= 11 is 3.32. The highest BCUT2D eigenvalue weighted by molar-refractivity contribution is 9.10. The van der Waals surface area contributed by atoms with Gasteiger partial charge in [0.1, 0.15) is 17.5 Å². The smallest absolute Gasteiger partial charge is 0.244 e. The molecule has 1 aliphatic rings. The lowest BCUT2D eigenvalue weighted by Crippen LogP contribution is -2.22. The third kappa shape index (κ3) is 2.58. The van der Waals surface area contributed by atoms with Crippen LogP contribution in [0.4, 0.5) is 4.39 Å². The van der Waals surface area contributed by atoms with Gasteiger partial charge in [-0.1, -0.05) is 15.9 Å². The zero-order valence-corrected chi connectivity index (χ0v) is 13.6. The van der Waals surface area contributed by atoms with E-state index in [9.17, 15) is 9.65 Å². The number of aromatic nitrogens is 2. The Morgan fingerprint density at radius 1 is 1.57 bits per heavy atom. The number of nitrogens with zero attached hydrogens (tertiary/aromatic N) is 2. The molecule has 0 unspecified atom stereocenters. The molecule has 23 heavy (non-hydrogen) atoms. The Morgan fingerprint density at radius 2 is 2.35 bits per heavy atom. The summed E-state index contributed by atoms with van der Waals surface area (Å²) in [5.41, 5.74) is 7.41. The van der Waals surface area contributed by atoms with Gasteiger partial charge in [-0.15, -0.1) is 5.10 Å². The summed E-state index contributed by atoms with van der Waals surface area (Å²) in [6, 6.07) is 6.54. The Bertz CT molecular complexity index is 840. The van der Waals surface area contributed by atoms with Crippen molar-refractivity contribution in [1.82, 2.24) is 10.2 Å². The Labute approximate surface area is 139 Å². The molecule has 0 saturated carbocycles. The van der Waals surface area contributed by atoms with Crippen LogP contribution in [-0.2, 0) is 11.3 Å². The minimum Gasteiger partial charge on any atom is -0.420 e. The molecule has 3 rings (SSSR count). The van der Waals surface area contributed by atoms with Gasteiger partial charge in [-0.2, -0.15) is 5.26 Å². The fourth-order valence-corrected chi connectivity index (χ4v) is 2.99. The molecule has 6 nitrogen and oxygen atoms in total. The molecule has 0 spiro atoms. The number of rotatable bonds is 3. The number of nitriles is 1. The maximum Gasteiger partial charge on any atom is 0.244 e. The van der Waals surface area contributed by atoms with Crippen molar-refractivity contribution in [2.75, 3.05) is 7.11 Å². The molecule has 1 atom stereocenters. The van der Waals surface area contributed by atoms with Crippen LogP contribution in [0.2, 0.25) is 0 Å². The monoisotopic (exact) mass is 378 g/mol. The second-order valence-corrected chi connectivity index (χ2v) is 5.86. The predicted molar refractivity (Wildman–Crippen MR) is 82.7 cm³/mol. The van der Waals surface area contributed by atoms with Gasteiger partial charge in [0.2, 0.25) is 11.8 Å². The number of allylic oxidation sites excluding steroid dienone is 1. The molecule has 0 aliphatic carbocycles. The van der Waals surface area contributed by atoms with Crippen molar-refractivity contribution >= 4 is 15.9 Å². The molecule has 2 aromatic rings. The number of methoxy groups -OCH3 is 1. The van der Waals surface area contributed by atoms with E-state index >= 15 is 0 Å². The van der Waals surface area contributed by atoms with Gasteiger partial charge in [-0.05, 0) is 18.2 Å². The summed E-state index contributed by atoms with van der Waals surface area (Å²) in [4.78, 5) is 0. The number of H-pyrrole nitrogens is 1. The summed E-state index contributed by atoms with van der Waals surface area (Å²) in [5.74, 6) is -1.03. The summed E-state index contributed by atoms with van der Waals surface area (Å²) in [6.07, 6.45) is 0. The number of benzene rings is 1. The summed E-state index contributed by atoms with van der Waals surface area (Å²) in [7, 11) is 1.53. The molecular weight excluding hydrogens is 367 g/mol. The van der Waals surface area contributed by atoms with E-state index in [2.05, 4.69) is 26.1 Å². The Morgan fingerprint density at radius 3 is 3.04 bits per heavy atom. The lowest BCUT2D eigenvalue weighted by atomic mass is 9.84. The molecule has 1 aromatic carbocycles. The Hall–Kier alpha value is -2.37. The average Bonchev–Trinajstić information content (AvgIpc) is 2.91. The van der Waals surface area contributed by atoms with E-state index in [1.165, 1.54) is 13.2 Å². The molecule has 8 heteroatoms. The van der Waals surface area contributed by atoms with Crippen LogP contribution < -0.4 is 10.5 Å². The fraction of sp³-hybridized carbons (Fsp3) is 0.200. The van der Waals surface area contributed by atoms with Gasteiger partial charge < -0.3 is 15.2 Å². The zero-order chi connectivity index (χ0) is 16.6.